The second-order valence-corrected chi connectivity index (χ2v) is 6.10. The van der Waals surface area contributed by atoms with Crippen LogP contribution < -0.4 is 5.32 Å². The van der Waals surface area contributed by atoms with Gasteiger partial charge in [-0.15, -0.1) is 0 Å². The number of benzene rings is 1. The van der Waals surface area contributed by atoms with Gasteiger partial charge in [-0.2, -0.15) is 12.6 Å². The van der Waals surface area contributed by atoms with Gasteiger partial charge in [0.15, 0.2) is 9.84 Å². The smallest absolute Gasteiger partial charge is 0.175 e. The third-order valence-corrected chi connectivity index (χ3v) is 3.58. The summed E-state index contributed by atoms with van der Waals surface area (Å²) in [5.41, 5.74) is 1.14. The lowest BCUT2D eigenvalue weighted by molar-refractivity contribution is 0.602. The fraction of sp³-hybridized carbons (Fsp3) is 0.455. The largest absolute Gasteiger partial charge is 0.316 e. The summed E-state index contributed by atoms with van der Waals surface area (Å²) in [6, 6.07) is 7.03. The molecule has 0 aliphatic rings. The normalized spacial score (nSPS) is 11.6. The van der Waals surface area contributed by atoms with Crippen LogP contribution in [0.25, 0.3) is 0 Å². The molecule has 1 aromatic carbocycles. The number of nitrogens with one attached hydrogen (secondary N) is 1. The van der Waals surface area contributed by atoms with Crippen molar-refractivity contribution in [3.8, 4) is 0 Å². The molecule has 0 spiro atoms. The Labute approximate surface area is 103 Å². The van der Waals surface area contributed by atoms with Crippen molar-refractivity contribution in [2.75, 3.05) is 25.1 Å². The van der Waals surface area contributed by atoms with E-state index in [-0.39, 0.29) is 0 Å². The van der Waals surface area contributed by atoms with Crippen LogP contribution in [-0.2, 0) is 16.3 Å². The van der Waals surface area contributed by atoms with Gasteiger partial charge >= 0.3 is 0 Å². The van der Waals surface area contributed by atoms with E-state index in [1.165, 1.54) is 6.26 Å². The summed E-state index contributed by atoms with van der Waals surface area (Å²) in [7, 11) is -3.07. The lowest BCUT2D eigenvalue weighted by Gasteiger charge is -2.04. The van der Waals surface area contributed by atoms with E-state index in [1.54, 1.807) is 12.1 Å². The molecule has 0 heterocycles. The second kappa shape index (κ2) is 6.27. The van der Waals surface area contributed by atoms with E-state index >= 15 is 0 Å². The molecule has 0 saturated heterocycles. The zero-order valence-corrected chi connectivity index (χ0v) is 11.0. The Hall–Kier alpha value is -0.520. The minimum absolute atomic E-state index is 0.375. The molecule has 0 bridgehead atoms. The highest BCUT2D eigenvalue weighted by Crippen LogP contribution is 2.10. The van der Waals surface area contributed by atoms with Gasteiger partial charge in [0.05, 0.1) is 4.90 Å². The maximum absolute atomic E-state index is 11.2. The predicted octanol–water partition coefficient (Wildman–Crippen LogP) is 1.15. The Kier molecular flexibility index (Phi) is 5.31. The second-order valence-electron chi connectivity index (χ2n) is 3.64. The molecule has 5 heteroatoms. The summed E-state index contributed by atoms with van der Waals surface area (Å²) in [6.45, 7) is 1.78. The molecular formula is C11H17NO2S2. The van der Waals surface area contributed by atoms with Gasteiger partial charge in [-0.1, -0.05) is 12.1 Å². The molecule has 0 aromatic heterocycles. The van der Waals surface area contributed by atoms with Crippen LogP contribution in [0.15, 0.2) is 29.2 Å². The molecule has 0 amide bonds. The number of sulfone groups is 1. The molecule has 0 saturated carbocycles. The monoisotopic (exact) mass is 259 g/mol. The molecule has 90 valence electrons. The quantitative estimate of drug-likeness (QED) is 0.595. The fourth-order valence-corrected chi connectivity index (χ4v) is 2.13. The molecule has 0 aliphatic carbocycles. The van der Waals surface area contributed by atoms with Crippen molar-refractivity contribution in [2.45, 2.75) is 11.3 Å². The Morgan fingerprint density at radius 1 is 1.19 bits per heavy atom. The van der Waals surface area contributed by atoms with E-state index in [4.69, 9.17) is 0 Å². The van der Waals surface area contributed by atoms with Crippen LogP contribution in [-0.4, -0.2) is 33.5 Å². The molecule has 1 aromatic rings. The number of rotatable bonds is 6. The van der Waals surface area contributed by atoms with E-state index in [1.807, 2.05) is 12.1 Å². The van der Waals surface area contributed by atoms with Crippen LogP contribution in [0.5, 0.6) is 0 Å². The summed E-state index contributed by atoms with van der Waals surface area (Å²) < 4.78 is 22.4. The molecule has 16 heavy (non-hydrogen) atoms. The van der Waals surface area contributed by atoms with E-state index in [9.17, 15) is 8.42 Å². The van der Waals surface area contributed by atoms with Crippen LogP contribution in [0.3, 0.4) is 0 Å². The number of hydrogen-bond donors (Lipinski definition) is 2. The van der Waals surface area contributed by atoms with Crippen molar-refractivity contribution in [1.82, 2.24) is 5.32 Å². The maximum Gasteiger partial charge on any atom is 0.175 e. The zero-order chi connectivity index (χ0) is 12.0. The van der Waals surface area contributed by atoms with Crippen molar-refractivity contribution in [1.29, 1.82) is 0 Å². The van der Waals surface area contributed by atoms with Gasteiger partial charge < -0.3 is 5.32 Å². The zero-order valence-electron chi connectivity index (χ0n) is 9.31. The molecule has 0 unspecified atom stereocenters. The van der Waals surface area contributed by atoms with Crippen LogP contribution in [0.2, 0.25) is 0 Å². The van der Waals surface area contributed by atoms with Crippen molar-refractivity contribution in [3.05, 3.63) is 29.8 Å². The SMILES string of the molecule is CS(=O)(=O)c1ccc(CCNCCS)cc1. The van der Waals surface area contributed by atoms with E-state index < -0.39 is 9.84 Å². The first-order chi connectivity index (χ1) is 7.54. The highest BCUT2D eigenvalue weighted by atomic mass is 32.2. The molecule has 0 aliphatic heterocycles. The summed E-state index contributed by atoms with van der Waals surface area (Å²) >= 11 is 4.10. The average molecular weight is 259 g/mol. The van der Waals surface area contributed by atoms with Gasteiger partial charge in [-0.25, -0.2) is 8.42 Å². The first-order valence-corrected chi connectivity index (χ1v) is 7.67. The molecule has 3 nitrogen and oxygen atoms in total. The summed E-state index contributed by atoms with van der Waals surface area (Å²) in [6.07, 6.45) is 2.12. The molecule has 1 rings (SSSR count). The van der Waals surface area contributed by atoms with Gasteiger partial charge in [-0.05, 0) is 30.7 Å². The average Bonchev–Trinajstić information content (AvgIpc) is 2.24. The fourth-order valence-electron chi connectivity index (χ4n) is 1.34. The van der Waals surface area contributed by atoms with Crippen molar-refractivity contribution in [2.24, 2.45) is 0 Å². The first kappa shape index (κ1) is 13.5. The Morgan fingerprint density at radius 3 is 2.31 bits per heavy atom. The topological polar surface area (TPSA) is 46.2 Å². The van der Waals surface area contributed by atoms with Crippen LogP contribution in [0.4, 0.5) is 0 Å². The Morgan fingerprint density at radius 2 is 1.81 bits per heavy atom. The van der Waals surface area contributed by atoms with Crippen molar-refractivity contribution in [3.63, 3.8) is 0 Å². The summed E-state index contributed by atoms with van der Waals surface area (Å²) in [4.78, 5) is 0.375. The lowest BCUT2D eigenvalue weighted by Crippen LogP contribution is -2.19. The van der Waals surface area contributed by atoms with Crippen molar-refractivity contribution >= 4 is 22.5 Å². The van der Waals surface area contributed by atoms with Crippen LogP contribution in [0.1, 0.15) is 5.56 Å². The highest BCUT2D eigenvalue weighted by molar-refractivity contribution is 7.90. The standard InChI is InChI=1S/C11H17NO2S2/c1-16(13,14)11-4-2-10(3-5-11)6-7-12-8-9-15/h2-5,12,15H,6-9H2,1H3. The van der Waals surface area contributed by atoms with Crippen LogP contribution >= 0.6 is 12.6 Å². The Bertz CT molecular complexity index is 412. The minimum atomic E-state index is -3.07. The van der Waals surface area contributed by atoms with E-state index in [0.29, 0.717) is 4.90 Å². The Balaban J connectivity index is 2.52. The third kappa shape index (κ3) is 4.55. The van der Waals surface area contributed by atoms with E-state index in [2.05, 4.69) is 17.9 Å². The van der Waals surface area contributed by atoms with Gasteiger partial charge in [0.25, 0.3) is 0 Å². The van der Waals surface area contributed by atoms with Gasteiger partial charge in [-0.3, -0.25) is 0 Å². The molecule has 0 atom stereocenters. The molecule has 1 N–H and O–H groups in total. The van der Waals surface area contributed by atoms with Gasteiger partial charge in [0.2, 0.25) is 0 Å². The van der Waals surface area contributed by atoms with Gasteiger partial charge in [0, 0.05) is 18.6 Å². The van der Waals surface area contributed by atoms with E-state index in [0.717, 1.165) is 30.8 Å². The predicted molar refractivity (Wildman–Crippen MR) is 70.0 cm³/mol. The molecule has 0 radical (unpaired) electrons. The molecule has 0 fully saturated rings. The third-order valence-electron chi connectivity index (χ3n) is 2.23. The van der Waals surface area contributed by atoms with Gasteiger partial charge in [0.1, 0.15) is 0 Å². The maximum atomic E-state index is 11.2. The van der Waals surface area contributed by atoms with Crippen LogP contribution in [0, 0.1) is 0 Å². The molecular weight excluding hydrogens is 242 g/mol. The highest BCUT2D eigenvalue weighted by Gasteiger charge is 2.05. The summed E-state index contributed by atoms with van der Waals surface area (Å²) in [5.74, 6) is 0.826. The minimum Gasteiger partial charge on any atom is -0.316 e. The van der Waals surface area contributed by atoms with Crippen molar-refractivity contribution < 1.29 is 8.42 Å². The lowest BCUT2D eigenvalue weighted by atomic mass is 10.1. The first-order valence-electron chi connectivity index (χ1n) is 5.14. The number of thiol groups is 1. The summed E-state index contributed by atoms with van der Waals surface area (Å²) in [5, 5.41) is 3.23. The number of hydrogen-bond acceptors (Lipinski definition) is 4.